The van der Waals surface area contributed by atoms with Crippen molar-refractivity contribution < 1.29 is 14.0 Å². The third-order valence-corrected chi connectivity index (χ3v) is 6.35. The Kier molecular flexibility index (Phi) is 8.23. The molecule has 3 rings (SSSR count). The van der Waals surface area contributed by atoms with Crippen LogP contribution in [0.2, 0.25) is 0 Å². The van der Waals surface area contributed by atoms with E-state index in [0.29, 0.717) is 17.1 Å². The summed E-state index contributed by atoms with van der Waals surface area (Å²) in [6.07, 6.45) is 9.95. The van der Waals surface area contributed by atoms with E-state index in [-0.39, 0.29) is 23.9 Å². The summed E-state index contributed by atoms with van der Waals surface area (Å²) < 4.78 is 5.36. The fraction of sp³-hybridized carbons (Fsp3) is 0.478. The lowest BCUT2D eigenvalue weighted by molar-refractivity contribution is -0.119. The number of rotatable bonds is 7. The van der Waals surface area contributed by atoms with Gasteiger partial charge in [0.05, 0.1) is 23.6 Å². The number of hydrogen-bond donors (Lipinski definition) is 2. The first-order valence-corrected chi connectivity index (χ1v) is 11.5. The number of hydrogen-bond acceptors (Lipinski definition) is 4. The van der Waals surface area contributed by atoms with Gasteiger partial charge in [0.2, 0.25) is 5.91 Å². The lowest BCUT2D eigenvalue weighted by atomic mass is 9.97. The molecule has 2 amide bonds. The number of carbonyl (C=O) groups is 2. The Bertz CT molecular complexity index is 783. The molecule has 6 heteroatoms. The summed E-state index contributed by atoms with van der Waals surface area (Å²) in [7, 11) is 0. The number of thioether (sulfide) groups is 1. The van der Waals surface area contributed by atoms with E-state index in [1.807, 2.05) is 31.2 Å². The number of nitrogens with one attached hydrogen (secondary N) is 2. The molecule has 0 bridgehead atoms. The molecular weight excluding hydrogens is 384 g/mol. The molecule has 1 aliphatic carbocycles. The van der Waals surface area contributed by atoms with Gasteiger partial charge in [0, 0.05) is 10.9 Å². The summed E-state index contributed by atoms with van der Waals surface area (Å²) in [4.78, 5) is 26.0. The summed E-state index contributed by atoms with van der Waals surface area (Å²) in [5.74, 6) is 0.897. The average molecular weight is 415 g/mol. The first-order chi connectivity index (χ1) is 14.1. The quantitative estimate of drug-likeness (QED) is 0.619. The monoisotopic (exact) mass is 414 g/mol. The Hall–Kier alpha value is -2.21. The largest absolute Gasteiger partial charge is 0.467 e. The van der Waals surface area contributed by atoms with Crippen molar-refractivity contribution in [1.29, 1.82) is 0 Å². The Morgan fingerprint density at radius 2 is 1.79 bits per heavy atom. The van der Waals surface area contributed by atoms with Gasteiger partial charge in [0.1, 0.15) is 5.76 Å². The van der Waals surface area contributed by atoms with Gasteiger partial charge in [0.15, 0.2) is 0 Å². The summed E-state index contributed by atoms with van der Waals surface area (Å²) in [5.41, 5.74) is 0.578. The molecule has 1 fully saturated rings. The van der Waals surface area contributed by atoms with E-state index in [1.165, 1.54) is 43.9 Å². The van der Waals surface area contributed by atoms with Gasteiger partial charge in [-0.1, -0.05) is 44.2 Å². The van der Waals surface area contributed by atoms with Crippen LogP contribution >= 0.6 is 11.8 Å². The molecule has 1 aromatic heterocycles. The molecule has 1 aromatic carbocycles. The third-order valence-electron chi connectivity index (χ3n) is 5.28. The third kappa shape index (κ3) is 6.67. The van der Waals surface area contributed by atoms with Crippen LogP contribution in [0.15, 0.2) is 52.0 Å². The van der Waals surface area contributed by atoms with Crippen LogP contribution in [0.4, 0.5) is 0 Å². The van der Waals surface area contributed by atoms with E-state index in [4.69, 9.17) is 4.42 Å². The summed E-state index contributed by atoms with van der Waals surface area (Å²) >= 11 is 1.41. The van der Waals surface area contributed by atoms with E-state index in [9.17, 15) is 9.59 Å². The molecular formula is C23H30N2O3S. The van der Waals surface area contributed by atoms with Crippen molar-refractivity contribution in [2.45, 2.75) is 68.8 Å². The first-order valence-electron chi connectivity index (χ1n) is 10.5. The van der Waals surface area contributed by atoms with Crippen molar-refractivity contribution in [2.75, 3.05) is 5.75 Å². The zero-order valence-corrected chi connectivity index (χ0v) is 17.8. The van der Waals surface area contributed by atoms with Gasteiger partial charge < -0.3 is 15.1 Å². The number of benzene rings is 1. The molecule has 1 saturated carbocycles. The minimum absolute atomic E-state index is 0.0414. The lowest BCUT2D eigenvalue weighted by Crippen LogP contribution is -2.36. The molecule has 2 aromatic rings. The molecule has 1 aliphatic rings. The normalized spacial score (nSPS) is 16.4. The van der Waals surface area contributed by atoms with Crippen molar-refractivity contribution in [1.82, 2.24) is 10.6 Å². The lowest BCUT2D eigenvalue weighted by Gasteiger charge is -2.21. The van der Waals surface area contributed by atoms with Gasteiger partial charge in [0.25, 0.3) is 5.91 Å². The molecule has 0 radical (unpaired) electrons. The second-order valence-corrected chi connectivity index (χ2v) is 8.62. The highest BCUT2D eigenvalue weighted by molar-refractivity contribution is 8.00. The maximum absolute atomic E-state index is 12.7. The van der Waals surface area contributed by atoms with Crippen LogP contribution in [-0.4, -0.2) is 23.6 Å². The zero-order chi connectivity index (χ0) is 20.5. The highest BCUT2D eigenvalue weighted by atomic mass is 32.2. The average Bonchev–Trinajstić information content (AvgIpc) is 3.23. The van der Waals surface area contributed by atoms with Crippen molar-refractivity contribution >= 4 is 23.6 Å². The molecule has 1 atom stereocenters. The molecule has 0 unspecified atom stereocenters. The Morgan fingerprint density at radius 1 is 1.07 bits per heavy atom. The Morgan fingerprint density at radius 3 is 2.52 bits per heavy atom. The van der Waals surface area contributed by atoms with E-state index in [2.05, 4.69) is 10.6 Å². The van der Waals surface area contributed by atoms with Gasteiger partial charge in [-0.3, -0.25) is 9.59 Å². The second-order valence-electron chi connectivity index (χ2n) is 7.60. The van der Waals surface area contributed by atoms with Gasteiger partial charge in [-0.25, -0.2) is 0 Å². The summed E-state index contributed by atoms with van der Waals surface area (Å²) in [5, 5.41) is 6.14. The van der Waals surface area contributed by atoms with Crippen LogP contribution in [0.25, 0.3) is 0 Å². The summed E-state index contributed by atoms with van der Waals surface area (Å²) in [6, 6.07) is 11.1. The van der Waals surface area contributed by atoms with Gasteiger partial charge in [-0.05, 0) is 44.0 Å². The second kappa shape index (κ2) is 11.1. The molecule has 29 heavy (non-hydrogen) atoms. The fourth-order valence-corrected chi connectivity index (χ4v) is 4.54. The van der Waals surface area contributed by atoms with Crippen LogP contribution in [0.3, 0.4) is 0 Å². The summed E-state index contributed by atoms with van der Waals surface area (Å²) in [6.45, 7) is 1.88. The number of amides is 2. The van der Waals surface area contributed by atoms with Crippen LogP contribution in [-0.2, 0) is 4.79 Å². The maximum Gasteiger partial charge on any atom is 0.252 e. The number of furan rings is 1. The maximum atomic E-state index is 12.7. The Labute approximate surface area is 177 Å². The van der Waals surface area contributed by atoms with Crippen LogP contribution in [0, 0.1) is 0 Å². The predicted octanol–water partition coefficient (Wildman–Crippen LogP) is 5.09. The highest BCUT2D eigenvalue weighted by Gasteiger charge is 2.18. The van der Waals surface area contributed by atoms with E-state index < -0.39 is 0 Å². The molecule has 1 heterocycles. The minimum Gasteiger partial charge on any atom is -0.467 e. The predicted molar refractivity (Wildman–Crippen MR) is 116 cm³/mol. The van der Waals surface area contributed by atoms with Gasteiger partial charge in [-0.15, -0.1) is 11.8 Å². The van der Waals surface area contributed by atoms with Gasteiger partial charge in [-0.2, -0.15) is 0 Å². The Balaban J connectivity index is 1.54. The van der Waals surface area contributed by atoms with E-state index in [0.717, 1.165) is 17.7 Å². The van der Waals surface area contributed by atoms with Crippen LogP contribution in [0.5, 0.6) is 0 Å². The van der Waals surface area contributed by atoms with Crippen molar-refractivity contribution in [3.63, 3.8) is 0 Å². The molecule has 156 valence electrons. The molecule has 0 spiro atoms. The highest BCUT2D eigenvalue weighted by Crippen LogP contribution is 2.24. The van der Waals surface area contributed by atoms with Crippen LogP contribution < -0.4 is 10.6 Å². The van der Waals surface area contributed by atoms with Crippen molar-refractivity contribution in [3.8, 4) is 0 Å². The standard InChI is InChI=1S/C23H30N2O3S/c1-17(20-13-9-15-28-20)24-23(27)19-12-7-8-14-21(19)29-16-22(26)25-18-10-5-3-2-4-6-11-18/h7-9,12-15,17-18H,2-6,10-11,16H2,1H3,(H,24,27)(H,25,26)/t17-/m1/s1. The molecule has 2 N–H and O–H groups in total. The smallest absolute Gasteiger partial charge is 0.252 e. The van der Waals surface area contributed by atoms with Crippen molar-refractivity contribution in [3.05, 3.63) is 54.0 Å². The molecule has 0 saturated heterocycles. The van der Waals surface area contributed by atoms with Gasteiger partial charge >= 0.3 is 0 Å². The topological polar surface area (TPSA) is 71.3 Å². The minimum atomic E-state index is -0.224. The van der Waals surface area contributed by atoms with Crippen molar-refractivity contribution in [2.24, 2.45) is 0 Å². The molecule has 5 nitrogen and oxygen atoms in total. The number of carbonyl (C=O) groups excluding carboxylic acids is 2. The van der Waals surface area contributed by atoms with Crippen LogP contribution in [0.1, 0.15) is 74.0 Å². The zero-order valence-electron chi connectivity index (χ0n) is 17.0. The van der Waals surface area contributed by atoms with E-state index >= 15 is 0 Å². The SMILES string of the molecule is C[C@@H](NC(=O)c1ccccc1SCC(=O)NC1CCCCCCC1)c1ccco1. The first kappa shape index (κ1) is 21.5. The van der Waals surface area contributed by atoms with E-state index in [1.54, 1.807) is 18.4 Å². The molecule has 0 aliphatic heterocycles. The fourth-order valence-electron chi connectivity index (χ4n) is 3.68.